The molecule has 1 saturated heterocycles. The number of hydroxylamine groups is 1. The number of nitrogens with one attached hydrogen (secondary N) is 2. The van der Waals surface area contributed by atoms with E-state index in [9.17, 15) is 0 Å². The fourth-order valence-electron chi connectivity index (χ4n) is 3.13. The van der Waals surface area contributed by atoms with Gasteiger partial charge in [-0.2, -0.15) is 10.7 Å². The highest BCUT2D eigenvalue weighted by Gasteiger charge is 2.56. The van der Waals surface area contributed by atoms with Crippen LogP contribution in [0.5, 0.6) is 0 Å². The van der Waals surface area contributed by atoms with Gasteiger partial charge in [-0.15, -0.1) is 0 Å². The quantitative estimate of drug-likeness (QED) is 0.329. The predicted molar refractivity (Wildman–Crippen MR) is 136 cm³/mol. The van der Waals surface area contributed by atoms with Crippen molar-refractivity contribution in [3.8, 4) is 6.07 Å². The molecule has 3 aromatic rings. The summed E-state index contributed by atoms with van der Waals surface area (Å²) in [5, 5.41) is 16.2. The van der Waals surface area contributed by atoms with Gasteiger partial charge in [0.05, 0.1) is 11.6 Å². The average Bonchev–Trinajstić information content (AvgIpc) is 3.63. The van der Waals surface area contributed by atoms with Crippen LogP contribution in [0.1, 0.15) is 58.2 Å². The van der Waals surface area contributed by atoms with Crippen molar-refractivity contribution in [2.75, 3.05) is 0 Å². The van der Waals surface area contributed by atoms with Crippen molar-refractivity contribution < 1.29 is 4.84 Å². The van der Waals surface area contributed by atoms with E-state index in [0.717, 1.165) is 5.56 Å². The van der Waals surface area contributed by atoms with Crippen molar-refractivity contribution in [3.05, 3.63) is 108 Å². The monoisotopic (exact) mass is 441 g/mol. The summed E-state index contributed by atoms with van der Waals surface area (Å²) in [5.74, 6) is 0. The molecule has 33 heavy (non-hydrogen) atoms. The maximum Gasteiger partial charge on any atom is 0.191 e. The molecule has 3 aromatic carbocycles. The standard InChI is InChI=1S/C11H15NO.C11H15N.C7H5N/c1-10(2,3)11(12-13-11)9-7-5-4-6-8-9;1-11(2,3)10(12)9-7-5-4-6-8-9;8-6-7-4-2-1-3-5-7/h4-8,12H,1-3H3;4-8,12H,1-3H3;1-5H. The smallest absolute Gasteiger partial charge is 0.191 e. The first-order chi connectivity index (χ1) is 15.5. The zero-order valence-electron chi connectivity index (χ0n) is 20.5. The Kier molecular flexibility index (Phi) is 8.70. The van der Waals surface area contributed by atoms with Crippen LogP contribution in [0.15, 0.2) is 91.0 Å². The molecule has 1 aliphatic rings. The van der Waals surface area contributed by atoms with Crippen molar-refractivity contribution in [3.63, 3.8) is 0 Å². The highest BCUT2D eigenvalue weighted by atomic mass is 16.8. The lowest BCUT2D eigenvalue weighted by atomic mass is 9.81. The van der Waals surface area contributed by atoms with E-state index >= 15 is 0 Å². The van der Waals surface area contributed by atoms with Crippen LogP contribution < -0.4 is 5.48 Å². The van der Waals surface area contributed by atoms with Crippen LogP contribution in [0, 0.1) is 27.6 Å². The van der Waals surface area contributed by atoms with Gasteiger partial charge in [0.1, 0.15) is 0 Å². The van der Waals surface area contributed by atoms with E-state index in [0.29, 0.717) is 11.3 Å². The number of rotatable bonds is 2. The third-order valence-corrected chi connectivity index (χ3v) is 5.26. The maximum atomic E-state index is 8.29. The molecule has 1 fully saturated rings. The second kappa shape index (κ2) is 11.0. The van der Waals surface area contributed by atoms with Crippen LogP contribution in [0.3, 0.4) is 0 Å². The lowest BCUT2D eigenvalue weighted by Crippen LogP contribution is -2.30. The molecule has 0 saturated carbocycles. The molecule has 0 aliphatic carbocycles. The summed E-state index contributed by atoms with van der Waals surface area (Å²) in [6.07, 6.45) is 0. The van der Waals surface area contributed by atoms with E-state index in [1.165, 1.54) is 5.56 Å². The van der Waals surface area contributed by atoms with Crippen LogP contribution in [0.25, 0.3) is 0 Å². The molecule has 1 heterocycles. The second-order valence-corrected chi connectivity index (χ2v) is 9.97. The summed E-state index contributed by atoms with van der Waals surface area (Å²) >= 11 is 0. The van der Waals surface area contributed by atoms with Crippen molar-refractivity contribution >= 4 is 5.71 Å². The van der Waals surface area contributed by atoms with E-state index < -0.39 is 0 Å². The summed E-state index contributed by atoms with van der Waals surface area (Å²) < 4.78 is 0. The van der Waals surface area contributed by atoms with Gasteiger partial charge < -0.3 is 5.41 Å². The van der Waals surface area contributed by atoms with Crippen LogP contribution >= 0.6 is 0 Å². The Morgan fingerprint density at radius 1 is 0.788 bits per heavy atom. The van der Waals surface area contributed by atoms with E-state index in [-0.39, 0.29) is 16.6 Å². The highest BCUT2D eigenvalue weighted by molar-refractivity contribution is 6.01. The van der Waals surface area contributed by atoms with Gasteiger partial charge in [0, 0.05) is 22.1 Å². The van der Waals surface area contributed by atoms with E-state index in [1.807, 2.05) is 72.8 Å². The molecular formula is C29H35N3O. The Morgan fingerprint density at radius 3 is 1.55 bits per heavy atom. The molecule has 1 aliphatic heterocycles. The fourth-order valence-corrected chi connectivity index (χ4v) is 3.13. The van der Waals surface area contributed by atoms with Gasteiger partial charge in [0.15, 0.2) is 5.72 Å². The Labute approximate surface area is 198 Å². The minimum absolute atomic E-state index is 0.0542. The van der Waals surface area contributed by atoms with E-state index in [4.69, 9.17) is 15.5 Å². The maximum absolute atomic E-state index is 8.29. The summed E-state index contributed by atoms with van der Waals surface area (Å²) in [6.45, 7) is 12.7. The lowest BCUT2D eigenvalue weighted by molar-refractivity contribution is 0.155. The predicted octanol–water partition coefficient (Wildman–Crippen LogP) is 7.08. The van der Waals surface area contributed by atoms with Gasteiger partial charge in [0.25, 0.3) is 0 Å². The van der Waals surface area contributed by atoms with Crippen molar-refractivity contribution in [1.82, 2.24) is 5.48 Å². The summed E-state index contributed by atoms with van der Waals surface area (Å²) in [6, 6.07) is 31.3. The van der Waals surface area contributed by atoms with Gasteiger partial charge in [-0.1, -0.05) is 120 Å². The third kappa shape index (κ3) is 7.39. The molecule has 172 valence electrons. The Hall–Kier alpha value is -3.26. The normalized spacial score (nSPS) is 16.8. The molecule has 4 nitrogen and oxygen atoms in total. The minimum atomic E-state index is -0.270. The molecule has 1 unspecified atom stereocenters. The average molecular weight is 442 g/mol. The van der Waals surface area contributed by atoms with Gasteiger partial charge in [-0.3, -0.25) is 4.84 Å². The Bertz CT molecular complexity index is 1040. The zero-order valence-corrected chi connectivity index (χ0v) is 20.5. The molecule has 2 N–H and O–H groups in total. The first-order valence-electron chi connectivity index (χ1n) is 11.1. The SMILES string of the molecule is CC(C)(C)C(=N)c1ccccc1.CC(C)(C)C1(c2ccccc2)NO1.N#Cc1ccccc1. The Morgan fingerprint density at radius 2 is 1.21 bits per heavy atom. The molecule has 0 spiro atoms. The van der Waals surface area contributed by atoms with Gasteiger partial charge in [-0.05, 0) is 17.7 Å². The topological polar surface area (TPSA) is 82.1 Å². The second-order valence-electron chi connectivity index (χ2n) is 9.97. The first kappa shape index (κ1) is 26.0. The largest absolute Gasteiger partial charge is 0.304 e. The Balaban J connectivity index is 0.000000180. The van der Waals surface area contributed by atoms with Crippen LogP contribution in [0.2, 0.25) is 0 Å². The molecule has 0 aromatic heterocycles. The highest BCUT2D eigenvalue weighted by Crippen LogP contribution is 2.47. The first-order valence-corrected chi connectivity index (χ1v) is 11.1. The molecule has 0 amide bonds. The van der Waals surface area contributed by atoms with Crippen LogP contribution in [0.4, 0.5) is 0 Å². The molecule has 0 bridgehead atoms. The van der Waals surface area contributed by atoms with Crippen LogP contribution in [-0.2, 0) is 10.6 Å². The van der Waals surface area contributed by atoms with Gasteiger partial charge >= 0.3 is 0 Å². The molecule has 4 rings (SSSR count). The molecule has 4 heteroatoms. The fraction of sp³-hybridized carbons (Fsp3) is 0.310. The summed E-state index contributed by atoms with van der Waals surface area (Å²) in [7, 11) is 0. The summed E-state index contributed by atoms with van der Waals surface area (Å²) in [5.41, 5.74) is 6.39. The van der Waals surface area contributed by atoms with Crippen molar-refractivity contribution in [2.45, 2.75) is 47.3 Å². The van der Waals surface area contributed by atoms with Crippen molar-refractivity contribution in [2.24, 2.45) is 10.8 Å². The van der Waals surface area contributed by atoms with Crippen molar-refractivity contribution in [1.29, 1.82) is 10.7 Å². The molecule has 1 atom stereocenters. The molecule has 0 radical (unpaired) electrons. The third-order valence-electron chi connectivity index (χ3n) is 5.26. The lowest BCUT2D eigenvalue weighted by Gasteiger charge is -2.25. The number of benzene rings is 3. The van der Waals surface area contributed by atoms with Crippen LogP contribution in [-0.4, -0.2) is 5.71 Å². The minimum Gasteiger partial charge on any atom is -0.304 e. The number of hydrogen-bond donors (Lipinski definition) is 2. The summed E-state index contributed by atoms with van der Waals surface area (Å²) in [4.78, 5) is 5.40. The number of nitriles is 1. The van der Waals surface area contributed by atoms with E-state index in [2.05, 4.69) is 59.2 Å². The number of nitrogens with zero attached hydrogens (tertiary/aromatic N) is 1. The van der Waals surface area contributed by atoms with Gasteiger partial charge in [-0.25, -0.2) is 0 Å². The molecular weight excluding hydrogens is 406 g/mol. The number of hydrogen-bond acceptors (Lipinski definition) is 4. The van der Waals surface area contributed by atoms with Gasteiger partial charge in [0.2, 0.25) is 0 Å². The van der Waals surface area contributed by atoms with E-state index in [1.54, 1.807) is 12.1 Å². The zero-order chi connectivity index (χ0) is 24.5.